The van der Waals surface area contributed by atoms with Crippen molar-refractivity contribution < 1.29 is 29.5 Å². The Kier molecular flexibility index (Phi) is 5.01. The summed E-state index contributed by atoms with van der Waals surface area (Å²) in [6.45, 7) is -0.0717. The second kappa shape index (κ2) is 7.21. The van der Waals surface area contributed by atoms with E-state index < -0.39 is 6.10 Å². The molecule has 1 heterocycles. The highest BCUT2D eigenvalue weighted by Crippen LogP contribution is 2.51. The van der Waals surface area contributed by atoms with E-state index in [9.17, 15) is 15.3 Å². The predicted molar refractivity (Wildman–Crippen MR) is 91.6 cm³/mol. The van der Waals surface area contributed by atoms with E-state index in [1.165, 1.54) is 7.11 Å². The van der Waals surface area contributed by atoms with Crippen LogP contribution in [0.2, 0.25) is 0 Å². The van der Waals surface area contributed by atoms with Crippen LogP contribution in [0, 0.1) is 0 Å². The first-order valence-electron chi connectivity index (χ1n) is 8.09. The van der Waals surface area contributed by atoms with Crippen molar-refractivity contribution in [2.45, 2.75) is 18.4 Å². The van der Waals surface area contributed by atoms with Crippen LogP contribution in [0.3, 0.4) is 0 Å². The van der Waals surface area contributed by atoms with E-state index in [2.05, 4.69) is 0 Å². The maximum atomic E-state index is 9.96. The Morgan fingerprint density at radius 3 is 2.44 bits per heavy atom. The molecule has 1 aliphatic heterocycles. The van der Waals surface area contributed by atoms with Crippen molar-refractivity contribution in [3.8, 4) is 23.0 Å². The summed E-state index contributed by atoms with van der Waals surface area (Å²) in [5.74, 6) is 1.29. The Hall–Kier alpha value is -2.44. The van der Waals surface area contributed by atoms with Crippen molar-refractivity contribution in [3.05, 3.63) is 47.0 Å². The van der Waals surface area contributed by atoms with Crippen LogP contribution in [0.4, 0.5) is 0 Å². The van der Waals surface area contributed by atoms with E-state index >= 15 is 0 Å². The summed E-state index contributed by atoms with van der Waals surface area (Å²) in [4.78, 5) is 0. The molecule has 3 rings (SSSR count). The van der Waals surface area contributed by atoms with Gasteiger partial charge < -0.3 is 29.5 Å². The molecule has 2 aromatic rings. The van der Waals surface area contributed by atoms with Crippen LogP contribution in [0.1, 0.15) is 28.7 Å². The number of ether oxygens (including phenoxy) is 3. The van der Waals surface area contributed by atoms with Gasteiger partial charge in [0, 0.05) is 12.2 Å². The maximum absolute atomic E-state index is 9.96. The van der Waals surface area contributed by atoms with Gasteiger partial charge >= 0.3 is 0 Å². The van der Waals surface area contributed by atoms with Crippen molar-refractivity contribution in [2.75, 3.05) is 27.4 Å². The number of rotatable bonds is 6. The Balaban J connectivity index is 2.04. The first-order valence-corrected chi connectivity index (χ1v) is 8.09. The highest BCUT2D eigenvalue weighted by Gasteiger charge is 2.37. The zero-order chi connectivity index (χ0) is 18.0. The zero-order valence-electron chi connectivity index (χ0n) is 14.2. The standard InChI is InChI=1S/C19H22O6/c1-23-16-9-12(3-4-15(16)22)18-14(10-21)13-7-11(5-6-20)8-17(24-2)19(13)25-18/h3-4,7-9,14,18,20-22H,5-6,10H2,1-2H3/t14-,18-/m0/s1. The van der Waals surface area contributed by atoms with Gasteiger partial charge in [-0.2, -0.15) is 0 Å². The number of aromatic hydroxyl groups is 1. The van der Waals surface area contributed by atoms with E-state index in [4.69, 9.17) is 14.2 Å². The molecule has 0 aromatic heterocycles. The minimum atomic E-state index is -0.423. The largest absolute Gasteiger partial charge is 0.504 e. The quantitative estimate of drug-likeness (QED) is 0.743. The molecule has 2 atom stereocenters. The van der Waals surface area contributed by atoms with Gasteiger partial charge in [-0.3, -0.25) is 0 Å². The molecule has 0 bridgehead atoms. The summed E-state index contributed by atoms with van der Waals surface area (Å²) in [7, 11) is 3.05. The molecule has 2 aromatic carbocycles. The molecular formula is C19H22O6. The number of phenolic OH excluding ortho intramolecular Hbond substituents is 1. The van der Waals surface area contributed by atoms with Gasteiger partial charge in [0.05, 0.1) is 26.7 Å². The summed E-state index contributed by atoms with van der Waals surface area (Å²) < 4.78 is 16.7. The van der Waals surface area contributed by atoms with Crippen LogP contribution in [0.25, 0.3) is 0 Å². The average molecular weight is 346 g/mol. The lowest BCUT2D eigenvalue weighted by Gasteiger charge is -2.18. The van der Waals surface area contributed by atoms with Gasteiger partial charge in [0.15, 0.2) is 23.0 Å². The molecule has 0 radical (unpaired) electrons. The molecule has 0 fully saturated rings. The lowest BCUT2D eigenvalue weighted by molar-refractivity contribution is 0.157. The number of hydrogen-bond donors (Lipinski definition) is 3. The van der Waals surface area contributed by atoms with Gasteiger partial charge in [-0.25, -0.2) is 0 Å². The number of hydrogen-bond acceptors (Lipinski definition) is 6. The molecule has 0 saturated heterocycles. The number of fused-ring (bicyclic) bond motifs is 1. The Morgan fingerprint density at radius 2 is 1.80 bits per heavy atom. The first kappa shape index (κ1) is 17.4. The first-order chi connectivity index (χ1) is 12.1. The average Bonchev–Trinajstić information content (AvgIpc) is 3.00. The Bertz CT molecular complexity index is 758. The smallest absolute Gasteiger partial charge is 0.165 e. The Labute approximate surface area is 146 Å². The lowest BCUT2D eigenvalue weighted by atomic mass is 9.90. The van der Waals surface area contributed by atoms with Crippen molar-refractivity contribution >= 4 is 0 Å². The number of aliphatic hydroxyl groups is 2. The van der Waals surface area contributed by atoms with Gasteiger partial charge in [0.1, 0.15) is 6.10 Å². The summed E-state index contributed by atoms with van der Waals surface area (Å²) in [5.41, 5.74) is 2.56. The van der Waals surface area contributed by atoms with Crippen LogP contribution in [-0.2, 0) is 6.42 Å². The normalized spacial score (nSPS) is 18.6. The van der Waals surface area contributed by atoms with Crippen molar-refractivity contribution in [1.82, 2.24) is 0 Å². The van der Waals surface area contributed by atoms with Crippen molar-refractivity contribution in [2.24, 2.45) is 0 Å². The Morgan fingerprint density at radius 1 is 1.04 bits per heavy atom. The number of phenols is 1. The van der Waals surface area contributed by atoms with E-state index in [-0.39, 0.29) is 24.9 Å². The second-order valence-corrected chi connectivity index (χ2v) is 5.95. The molecule has 3 N–H and O–H groups in total. The number of benzene rings is 2. The van der Waals surface area contributed by atoms with Gasteiger partial charge in [0.25, 0.3) is 0 Å². The third kappa shape index (κ3) is 3.10. The fourth-order valence-electron chi connectivity index (χ4n) is 3.25. The third-order valence-electron chi connectivity index (χ3n) is 4.50. The summed E-state index contributed by atoms with van der Waals surface area (Å²) in [6, 6.07) is 8.77. The molecule has 0 spiro atoms. The molecule has 0 unspecified atom stereocenters. The fraction of sp³-hybridized carbons (Fsp3) is 0.368. The van der Waals surface area contributed by atoms with Gasteiger partial charge in [-0.05, 0) is 35.7 Å². The van der Waals surface area contributed by atoms with Crippen molar-refractivity contribution in [1.29, 1.82) is 0 Å². The second-order valence-electron chi connectivity index (χ2n) is 5.95. The zero-order valence-corrected chi connectivity index (χ0v) is 14.2. The van der Waals surface area contributed by atoms with Crippen LogP contribution >= 0.6 is 0 Å². The summed E-state index contributed by atoms with van der Waals surface area (Å²) in [5, 5.41) is 29.0. The minimum Gasteiger partial charge on any atom is -0.504 e. The lowest BCUT2D eigenvalue weighted by Crippen LogP contribution is -2.13. The summed E-state index contributed by atoms with van der Waals surface area (Å²) >= 11 is 0. The number of aliphatic hydroxyl groups excluding tert-OH is 2. The van der Waals surface area contributed by atoms with E-state index in [1.807, 2.05) is 12.1 Å². The topological polar surface area (TPSA) is 88.4 Å². The van der Waals surface area contributed by atoms with Crippen LogP contribution in [0.15, 0.2) is 30.3 Å². The monoisotopic (exact) mass is 346 g/mol. The highest BCUT2D eigenvalue weighted by atomic mass is 16.5. The molecule has 134 valence electrons. The minimum absolute atomic E-state index is 0.0329. The molecule has 0 saturated carbocycles. The molecule has 6 heteroatoms. The van der Waals surface area contributed by atoms with E-state index in [1.54, 1.807) is 25.3 Å². The van der Waals surface area contributed by atoms with E-state index in [0.29, 0.717) is 23.7 Å². The molecule has 0 aliphatic carbocycles. The third-order valence-corrected chi connectivity index (χ3v) is 4.50. The molecule has 25 heavy (non-hydrogen) atoms. The number of methoxy groups -OCH3 is 2. The highest BCUT2D eigenvalue weighted by molar-refractivity contribution is 5.55. The SMILES string of the molecule is COc1cc([C@@H]2Oc3c(OC)cc(CCO)cc3[C@@H]2CO)ccc1O. The van der Waals surface area contributed by atoms with E-state index in [0.717, 1.165) is 16.7 Å². The van der Waals surface area contributed by atoms with Crippen LogP contribution < -0.4 is 14.2 Å². The van der Waals surface area contributed by atoms with Gasteiger partial charge in [0.2, 0.25) is 0 Å². The van der Waals surface area contributed by atoms with Crippen LogP contribution in [-0.4, -0.2) is 42.8 Å². The molecule has 0 amide bonds. The molecular weight excluding hydrogens is 324 g/mol. The van der Waals surface area contributed by atoms with Crippen LogP contribution in [0.5, 0.6) is 23.0 Å². The summed E-state index contributed by atoms with van der Waals surface area (Å²) in [6.07, 6.45) is 0.0761. The van der Waals surface area contributed by atoms with Gasteiger partial charge in [-0.1, -0.05) is 12.1 Å². The maximum Gasteiger partial charge on any atom is 0.165 e. The van der Waals surface area contributed by atoms with Gasteiger partial charge in [-0.15, -0.1) is 0 Å². The molecule has 6 nitrogen and oxygen atoms in total. The predicted octanol–water partition coefficient (Wildman–Crippen LogP) is 2.15. The fourth-order valence-corrected chi connectivity index (χ4v) is 3.25. The molecule has 1 aliphatic rings. The van der Waals surface area contributed by atoms with Crippen molar-refractivity contribution in [3.63, 3.8) is 0 Å².